The summed E-state index contributed by atoms with van der Waals surface area (Å²) >= 11 is 0. The molecule has 4 bridgehead atoms. The van der Waals surface area contributed by atoms with E-state index >= 15 is 0 Å². The van der Waals surface area contributed by atoms with Gasteiger partial charge in [0.1, 0.15) is 0 Å². The lowest BCUT2D eigenvalue weighted by molar-refractivity contribution is -0.00512. The monoisotopic (exact) mass is 367 g/mol. The van der Waals surface area contributed by atoms with E-state index < -0.39 is 0 Å². The van der Waals surface area contributed by atoms with Gasteiger partial charge in [0.15, 0.2) is 0 Å². The van der Waals surface area contributed by atoms with E-state index in [9.17, 15) is 0 Å². The van der Waals surface area contributed by atoms with Gasteiger partial charge in [-0.3, -0.25) is 4.98 Å². The Labute approximate surface area is 168 Å². The lowest BCUT2D eigenvalue weighted by atomic mass is 9.48. The summed E-state index contributed by atoms with van der Waals surface area (Å²) in [5.41, 5.74) is 7.05. The topological polar surface area (TPSA) is 12.9 Å². The number of aryl methyl sites for hydroxylation is 2. The molecule has 0 saturated heterocycles. The second kappa shape index (κ2) is 5.92. The average Bonchev–Trinajstić information content (AvgIpc) is 2.65. The summed E-state index contributed by atoms with van der Waals surface area (Å²) in [6.45, 7) is 4.35. The maximum absolute atomic E-state index is 4.78. The zero-order valence-electron chi connectivity index (χ0n) is 17.0. The van der Waals surface area contributed by atoms with Gasteiger partial charge in [0.05, 0.1) is 5.69 Å². The maximum Gasteiger partial charge on any atom is 0.0780 e. The lowest BCUT2D eigenvalue weighted by Gasteiger charge is -2.57. The number of aromatic nitrogens is 1. The second-order valence-corrected chi connectivity index (χ2v) is 10.2. The van der Waals surface area contributed by atoms with Gasteiger partial charge in [0.2, 0.25) is 0 Å². The number of hydrogen-bond donors (Lipinski definition) is 0. The van der Waals surface area contributed by atoms with Crippen LogP contribution >= 0.6 is 0 Å². The number of rotatable bonds is 2. The van der Waals surface area contributed by atoms with E-state index in [0.717, 1.165) is 23.4 Å². The maximum atomic E-state index is 4.78. The van der Waals surface area contributed by atoms with Crippen molar-refractivity contribution in [2.45, 2.75) is 57.8 Å². The first-order valence-electron chi connectivity index (χ1n) is 11.1. The average molecular weight is 368 g/mol. The molecule has 0 radical (unpaired) electrons. The highest BCUT2D eigenvalue weighted by molar-refractivity contribution is 5.95. The molecule has 4 aliphatic rings. The summed E-state index contributed by atoms with van der Waals surface area (Å²) in [5, 5.41) is 2.65. The van der Waals surface area contributed by atoms with E-state index in [-0.39, 0.29) is 0 Å². The number of fused-ring (bicyclic) bond motifs is 1. The van der Waals surface area contributed by atoms with Crippen LogP contribution in [0.1, 0.15) is 55.2 Å². The highest BCUT2D eigenvalue weighted by Gasteiger charge is 2.51. The van der Waals surface area contributed by atoms with Gasteiger partial charge in [-0.05, 0) is 105 Å². The van der Waals surface area contributed by atoms with Crippen LogP contribution in [0, 0.1) is 31.6 Å². The van der Waals surface area contributed by atoms with E-state index in [0.29, 0.717) is 5.41 Å². The Kier molecular flexibility index (Phi) is 3.55. The van der Waals surface area contributed by atoms with E-state index in [4.69, 9.17) is 4.98 Å². The summed E-state index contributed by atoms with van der Waals surface area (Å²) < 4.78 is 0. The molecule has 1 heterocycles. The molecule has 3 aromatic rings. The van der Waals surface area contributed by atoms with Crippen molar-refractivity contribution in [3.63, 3.8) is 0 Å². The first kappa shape index (κ1) is 16.8. The van der Waals surface area contributed by atoms with Gasteiger partial charge in [-0.1, -0.05) is 35.4 Å². The van der Waals surface area contributed by atoms with E-state index in [2.05, 4.69) is 56.3 Å². The Bertz CT molecular complexity index is 1020. The number of pyridine rings is 1. The molecule has 28 heavy (non-hydrogen) atoms. The van der Waals surface area contributed by atoms with Gasteiger partial charge in [-0.2, -0.15) is 0 Å². The third-order valence-electron chi connectivity index (χ3n) is 7.91. The van der Waals surface area contributed by atoms with Crippen LogP contribution in [0.25, 0.3) is 22.0 Å². The lowest BCUT2D eigenvalue weighted by Crippen LogP contribution is -2.48. The Morgan fingerprint density at radius 1 is 0.786 bits per heavy atom. The zero-order valence-corrected chi connectivity index (χ0v) is 17.0. The van der Waals surface area contributed by atoms with E-state index in [1.165, 1.54) is 66.0 Å². The predicted molar refractivity (Wildman–Crippen MR) is 117 cm³/mol. The van der Waals surface area contributed by atoms with Crippen LogP contribution in [0.2, 0.25) is 0 Å². The summed E-state index contributed by atoms with van der Waals surface area (Å²) in [4.78, 5) is 4.78. The smallest absolute Gasteiger partial charge is 0.0780 e. The highest BCUT2D eigenvalue weighted by atomic mass is 14.7. The quantitative estimate of drug-likeness (QED) is 0.476. The fraction of sp³-hybridized carbons (Fsp3) is 0.444. The van der Waals surface area contributed by atoms with Crippen molar-refractivity contribution < 1.29 is 0 Å². The van der Waals surface area contributed by atoms with Gasteiger partial charge >= 0.3 is 0 Å². The first-order chi connectivity index (χ1) is 13.6. The Balaban J connectivity index is 1.46. The molecule has 142 valence electrons. The molecule has 0 spiro atoms. The van der Waals surface area contributed by atoms with Crippen LogP contribution in [0.15, 0.2) is 48.7 Å². The normalized spacial score (nSPS) is 30.9. The van der Waals surface area contributed by atoms with Gasteiger partial charge < -0.3 is 0 Å². The second-order valence-electron chi connectivity index (χ2n) is 10.2. The van der Waals surface area contributed by atoms with Crippen molar-refractivity contribution >= 4 is 10.8 Å². The molecule has 0 N–H and O–H groups in total. The van der Waals surface area contributed by atoms with E-state index in [1.54, 1.807) is 5.56 Å². The molecule has 4 aliphatic carbocycles. The predicted octanol–water partition coefficient (Wildman–Crippen LogP) is 6.99. The van der Waals surface area contributed by atoms with Gasteiger partial charge in [-0.25, -0.2) is 0 Å². The minimum Gasteiger partial charge on any atom is -0.256 e. The minimum absolute atomic E-state index is 0.465. The SMILES string of the molecule is Cc1cc(C)cc(-c2nccc3cc(C45CC6CC(CC(C6)C4)C5)ccc23)c1. The van der Waals surface area contributed by atoms with Gasteiger partial charge in [-0.15, -0.1) is 0 Å². The summed E-state index contributed by atoms with van der Waals surface area (Å²) in [5.74, 6) is 2.97. The number of benzene rings is 2. The largest absolute Gasteiger partial charge is 0.256 e. The number of nitrogens with zero attached hydrogens (tertiary/aromatic N) is 1. The van der Waals surface area contributed by atoms with Crippen molar-refractivity contribution in [3.8, 4) is 11.3 Å². The summed E-state index contributed by atoms with van der Waals surface area (Å²) in [6, 6.07) is 16.3. The molecular weight excluding hydrogens is 338 g/mol. The van der Waals surface area contributed by atoms with Gasteiger partial charge in [0, 0.05) is 17.1 Å². The summed E-state index contributed by atoms with van der Waals surface area (Å²) in [6.07, 6.45) is 10.8. The Hall–Kier alpha value is -2.15. The van der Waals surface area contributed by atoms with E-state index in [1.807, 2.05) is 6.20 Å². The van der Waals surface area contributed by atoms with Crippen molar-refractivity contribution in [2.75, 3.05) is 0 Å². The van der Waals surface area contributed by atoms with Crippen LogP contribution in [0.5, 0.6) is 0 Å². The zero-order chi connectivity index (χ0) is 18.9. The van der Waals surface area contributed by atoms with Gasteiger partial charge in [0.25, 0.3) is 0 Å². The Morgan fingerprint density at radius 3 is 2.07 bits per heavy atom. The molecule has 4 saturated carbocycles. The van der Waals surface area contributed by atoms with Crippen LogP contribution in [0.4, 0.5) is 0 Å². The molecule has 1 nitrogen and oxygen atoms in total. The molecule has 2 aromatic carbocycles. The first-order valence-corrected chi connectivity index (χ1v) is 11.1. The van der Waals surface area contributed by atoms with Crippen LogP contribution in [0.3, 0.4) is 0 Å². The molecule has 4 fully saturated rings. The molecule has 0 unspecified atom stereocenters. The van der Waals surface area contributed by atoms with Crippen molar-refractivity contribution in [2.24, 2.45) is 17.8 Å². The van der Waals surface area contributed by atoms with Crippen molar-refractivity contribution in [1.29, 1.82) is 0 Å². The molecule has 0 aliphatic heterocycles. The molecular formula is C27H29N. The molecule has 1 heteroatoms. The van der Waals surface area contributed by atoms with Crippen LogP contribution in [-0.4, -0.2) is 4.98 Å². The third-order valence-corrected chi connectivity index (χ3v) is 7.91. The molecule has 0 amide bonds. The molecule has 0 atom stereocenters. The Morgan fingerprint density at radius 2 is 1.43 bits per heavy atom. The standard InChI is InChI=1S/C27H29N/c1-17-7-18(2)9-23(8-17)26-25-4-3-24(13-22(25)5-6-28-26)27-14-19-10-20(15-27)12-21(11-19)16-27/h3-9,13,19-21H,10-12,14-16H2,1-2H3. The number of hydrogen-bond acceptors (Lipinski definition) is 1. The molecule has 1 aromatic heterocycles. The fourth-order valence-electron chi connectivity index (χ4n) is 7.31. The van der Waals surface area contributed by atoms with Crippen molar-refractivity contribution in [3.05, 3.63) is 65.4 Å². The molecule has 7 rings (SSSR count). The third kappa shape index (κ3) is 2.55. The fourth-order valence-corrected chi connectivity index (χ4v) is 7.31. The highest BCUT2D eigenvalue weighted by Crippen LogP contribution is 2.60. The summed E-state index contributed by atoms with van der Waals surface area (Å²) in [7, 11) is 0. The van der Waals surface area contributed by atoms with Crippen LogP contribution in [-0.2, 0) is 5.41 Å². The minimum atomic E-state index is 0.465. The van der Waals surface area contributed by atoms with Crippen LogP contribution < -0.4 is 0 Å². The van der Waals surface area contributed by atoms with Crippen molar-refractivity contribution in [1.82, 2.24) is 4.98 Å².